The highest BCUT2D eigenvalue weighted by atomic mass is 16.3. The number of nitrogens with zero attached hydrogens (tertiary/aromatic N) is 4. The Kier molecular flexibility index (Phi) is 6.39. The first-order chi connectivity index (χ1) is 23.3. The number of pyridine rings is 1. The molecule has 0 N–H and O–H groups in total. The average Bonchev–Trinajstić information content (AvgIpc) is 3.52. The molecule has 47 heavy (non-hydrogen) atoms. The summed E-state index contributed by atoms with van der Waals surface area (Å²) in [4.78, 5) is 20.0. The summed E-state index contributed by atoms with van der Waals surface area (Å²) in [6, 6.07) is 53.6. The van der Waals surface area contributed by atoms with E-state index in [9.17, 15) is 0 Å². The number of para-hydroxylation sites is 2. The number of hydrogen-bond donors (Lipinski definition) is 0. The molecule has 9 rings (SSSR count). The average molecular weight is 603 g/mol. The number of aromatic nitrogens is 4. The molecular weight excluding hydrogens is 576 g/mol. The van der Waals surface area contributed by atoms with E-state index < -0.39 is 0 Å². The van der Waals surface area contributed by atoms with Crippen LogP contribution in [0.4, 0.5) is 0 Å². The van der Waals surface area contributed by atoms with Crippen LogP contribution >= 0.6 is 0 Å². The van der Waals surface area contributed by atoms with Crippen molar-refractivity contribution in [3.63, 3.8) is 0 Å². The normalized spacial score (nSPS) is 11.4. The van der Waals surface area contributed by atoms with Gasteiger partial charge in [-0.2, -0.15) is 0 Å². The molecule has 0 aliphatic heterocycles. The number of rotatable bonds is 5. The molecule has 3 aromatic heterocycles. The molecule has 0 bridgehead atoms. The SMILES string of the molecule is c1ccc(-c2cccc(-c3nc(-c4ccccc4)nc(-c4cccc(-c5c6ccccc6nc6oc7ccccc7c56)c4)n3)c2)cc1. The van der Waals surface area contributed by atoms with Crippen molar-refractivity contribution < 1.29 is 4.42 Å². The van der Waals surface area contributed by atoms with Crippen LogP contribution in [0.15, 0.2) is 162 Å². The number of fused-ring (bicyclic) bond motifs is 4. The van der Waals surface area contributed by atoms with E-state index in [0.29, 0.717) is 23.2 Å². The first kappa shape index (κ1) is 26.9. The van der Waals surface area contributed by atoms with Gasteiger partial charge in [0.1, 0.15) is 5.58 Å². The predicted molar refractivity (Wildman–Crippen MR) is 190 cm³/mol. The minimum Gasteiger partial charge on any atom is -0.438 e. The fraction of sp³-hybridized carbons (Fsp3) is 0. The summed E-state index contributed by atoms with van der Waals surface area (Å²) in [7, 11) is 0. The van der Waals surface area contributed by atoms with Crippen molar-refractivity contribution in [2.75, 3.05) is 0 Å². The van der Waals surface area contributed by atoms with Crippen LogP contribution in [0.5, 0.6) is 0 Å². The lowest BCUT2D eigenvalue weighted by atomic mass is 9.95. The van der Waals surface area contributed by atoms with E-state index in [1.807, 2.05) is 66.7 Å². The maximum absolute atomic E-state index is 6.26. The van der Waals surface area contributed by atoms with Gasteiger partial charge in [0.05, 0.1) is 10.9 Å². The van der Waals surface area contributed by atoms with E-state index in [1.165, 1.54) is 0 Å². The molecule has 0 radical (unpaired) electrons. The molecule has 220 valence electrons. The highest BCUT2D eigenvalue weighted by molar-refractivity contribution is 6.18. The summed E-state index contributed by atoms with van der Waals surface area (Å²) in [6.45, 7) is 0. The Bertz CT molecular complexity index is 2580. The van der Waals surface area contributed by atoms with Crippen LogP contribution in [-0.2, 0) is 0 Å². The van der Waals surface area contributed by atoms with Gasteiger partial charge in [0, 0.05) is 33.0 Å². The van der Waals surface area contributed by atoms with Gasteiger partial charge in [-0.3, -0.25) is 0 Å². The van der Waals surface area contributed by atoms with Gasteiger partial charge >= 0.3 is 0 Å². The van der Waals surface area contributed by atoms with Crippen LogP contribution in [0.25, 0.3) is 89.4 Å². The molecule has 0 saturated carbocycles. The lowest BCUT2D eigenvalue weighted by molar-refractivity contribution is 0.656. The number of benzene rings is 6. The van der Waals surface area contributed by atoms with Crippen LogP contribution in [0.2, 0.25) is 0 Å². The van der Waals surface area contributed by atoms with Crippen molar-refractivity contribution in [1.29, 1.82) is 0 Å². The summed E-state index contributed by atoms with van der Waals surface area (Å²) in [5.74, 6) is 1.85. The van der Waals surface area contributed by atoms with E-state index in [1.54, 1.807) is 0 Å². The predicted octanol–water partition coefficient (Wildman–Crippen LogP) is 10.7. The van der Waals surface area contributed by atoms with Crippen molar-refractivity contribution in [2.45, 2.75) is 0 Å². The molecule has 0 unspecified atom stereocenters. The fourth-order valence-electron chi connectivity index (χ4n) is 6.31. The minimum atomic E-state index is 0.604. The molecule has 0 aliphatic carbocycles. The van der Waals surface area contributed by atoms with Gasteiger partial charge in [0.25, 0.3) is 0 Å². The summed E-state index contributed by atoms with van der Waals surface area (Å²) in [5, 5.41) is 3.09. The minimum absolute atomic E-state index is 0.604. The molecule has 5 nitrogen and oxygen atoms in total. The third-order valence-electron chi connectivity index (χ3n) is 8.53. The van der Waals surface area contributed by atoms with E-state index >= 15 is 0 Å². The van der Waals surface area contributed by atoms with E-state index in [4.69, 9.17) is 24.4 Å². The quantitative estimate of drug-likeness (QED) is 0.196. The van der Waals surface area contributed by atoms with Gasteiger partial charge in [-0.05, 0) is 41.0 Å². The zero-order chi connectivity index (χ0) is 31.2. The first-order valence-corrected chi connectivity index (χ1v) is 15.6. The maximum Gasteiger partial charge on any atom is 0.228 e. The largest absolute Gasteiger partial charge is 0.438 e. The molecule has 5 heteroatoms. The van der Waals surface area contributed by atoms with Gasteiger partial charge in [0.2, 0.25) is 5.71 Å². The summed E-state index contributed by atoms with van der Waals surface area (Å²) < 4.78 is 6.26. The maximum atomic E-state index is 6.26. The van der Waals surface area contributed by atoms with E-state index in [-0.39, 0.29) is 0 Å². The second kappa shape index (κ2) is 11.2. The Hall–Kier alpha value is -6.46. The van der Waals surface area contributed by atoms with Crippen molar-refractivity contribution in [3.8, 4) is 56.4 Å². The monoisotopic (exact) mass is 602 g/mol. The molecule has 6 aromatic carbocycles. The molecule has 0 saturated heterocycles. The van der Waals surface area contributed by atoms with Crippen molar-refractivity contribution in [3.05, 3.63) is 158 Å². The Morgan fingerprint density at radius 3 is 1.60 bits per heavy atom. The summed E-state index contributed by atoms with van der Waals surface area (Å²) in [5.41, 5.74) is 9.42. The molecule has 0 aliphatic rings. The smallest absolute Gasteiger partial charge is 0.228 e. The van der Waals surface area contributed by atoms with Crippen molar-refractivity contribution in [1.82, 2.24) is 19.9 Å². The fourth-order valence-corrected chi connectivity index (χ4v) is 6.31. The highest BCUT2D eigenvalue weighted by Gasteiger charge is 2.19. The third kappa shape index (κ3) is 4.82. The Balaban J connectivity index is 1.25. The van der Waals surface area contributed by atoms with Gasteiger partial charge in [-0.25, -0.2) is 19.9 Å². The van der Waals surface area contributed by atoms with Crippen LogP contribution < -0.4 is 0 Å². The number of furan rings is 1. The zero-order valence-electron chi connectivity index (χ0n) is 25.2. The lowest BCUT2D eigenvalue weighted by Crippen LogP contribution is -2.00. The van der Waals surface area contributed by atoms with Gasteiger partial charge in [-0.15, -0.1) is 0 Å². The molecule has 9 aromatic rings. The molecule has 0 amide bonds. The third-order valence-corrected chi connectivity index (χ3v) is 8.53. The van der Waals surface area contributed by atoms with Crippen molar-refractivity contribution in [2.24, 2.45) is 0 Å². The molecule has 0 fully saturated rings. The standard InChI is InChI=1S/C42H26N4O/c1-3-13-27(14-4-1)29-17-11-19-31(25-29)40-44-39(28-15-5-2-6-16-28)45-41(46-40)32-20-12-18-30(26-32)37-33-21-7-9-23-35(33)43-42-38(37)34-22-8-10-24-36(34)47-42/h1-26H. The van der Waals surface area contributed by atoms with E-state index in [0.717, 1.165) is 66.2 Å². The van der Waals surface area contributed by atoms with Gasteiger partial charge in [0.15, 0.2) is 17.5 Å². The number of hydrogen-bond acceptors (Lipinski definition) is 5. The second-order valence-electron chi connectivity index (χ2n) is 11.5. The summed E-state index contributed by atoms with van der Waals surface area (Å²) in [6.07, 6.45) is 0. The molecule has 0 atom stereocenters. The van der Waals surface area contributed by atoms with Crippen LogP contribution in [0, 0.1) is 0 Å². The van der Waals surface area contributed by atoms with E-state index in [2.05, 4.69) is 91.0 Å². The van der Waals surface area contributed by atoms with Crippen LogP contribution in [0.3, 0.4) is 0 Å². The van der Waals surface area contributed by atoms with Crippen LogP contribution in [-0.4, -0.2) is 19.9 Å². The molecule has 3 heterocycles. The summed E-state index contributed by atoms with van der Waals surface area (Å²) >= 11 is 0. The first-order valence-electron chi connectivity index (χ1n) is 15.6. The second-order valence-corrected chi connectivity index (χ2v) is 11.5. The Morgan fingerprint density at radius 2 is 0.872 bits per heavy atom. The highest BCUT2D eigenvalue weighted by Crippen LogP contribution is 2.41. The van der Waals surface area contributed by atoms with Gasteiger partial charge < -0.3 is 4.42 Å². The van der Waals surface area contributed by atoms with Crippen LogP contribution in [0.1, 0.15) is 0 Å². The van der Waals surface area contributed by atoms with Crippen molar-refractivity contribution >= 4 is 33.0 Å². The Labute approximate surface area is 270 Å². The topological polar surface area (TPSA) is 64.7 Å². The Morgan fingerprint density at radius 1 is 0.362 bits per heavy atom. The zero-order valence-corrected chi connectivity index (χ0v) is 25.2. The molecular formula is C42H26N4O. The lowest BCUT2D eigenvalue weighted by Gasteiger charge is -2.12. The molecule has 0 spiro atoms. The van der Waals surface area contributed by atoms with Gasteiger partial charge in [-0.1, -0.05) is 133 Å².